The first-order chi connectivity index (χ1) is 5.24. The van der Waals surface area contributed by atoms with Crippen LogP contribution in [0.25, 0.3) is 0 Å². The molecule has 0 amide bonds. The van der Waals surface area contributed by atoms with Crippen molar-refractivity contribution < 1.29 is 9.90 Å². The van der Waals surface area contributed by atoms with Crippen molar-refractivity contribution in [1.29, 1.82) is 0 Å². The van der Waals surface area contributed by atoms with Gasteiger partial charge in [-0.15, -0.1) is 0 Å². The molecule has 2 nitrogen and oxygen atoms in total. The molecule has 0 aromatic heterocycles. The third-order valence-electron chi connectivity index (χ3n) is 1.57. The minimum Gasteiger partial charge on any atom is -0.545 e. The Morgan fingerprint density at radius 1 is 1.55 bits per heavy atom. The summed E-state index contributed by atoms with van der Waals surface area (Å²) in [7, 11) is 0. The Bertz CT molecular complexity index is 266. The highest BCUT2D eigenvalue weighted by atomic mass is 16.4. The van der Waals surface area contributed by atoms with Crippen molar-refractivity contribution in [2.75, 3.05) is 0 Å². The number of benzene rings is 1. The number of carbonyl (C=O) groups excluding carboxylic acids is 1. The molecule has 0 atom stereocenters. The monoisotopic (exact) mass is 149 g/mol. The van der Waals surface area contributed by atoms with Gasteiger partial charge in [-0.3, -0.25) is 0 Å². The second kappa shape index (κ2) is 3.19. The van der Waals surface area contributed by atoms with Gasteiger partial charge in [0.05, 0.1) is 5.97 Å². The van der Waals surface area contributed by atoms with Gasteiger partial charge in [-0.1, -0.05) is 25.1 Å². The van der Waals surface area contributed by atoms with Crippen LogP contribution in [0.15, 0.2) is 24.3 Å². The summed E-state index contributed by atoms with van der Waals surface area (Å²) in [5.74, 6) is -1.11. The van der Waals surface area contributed by atoms with Crippen LogP contribution in [0.2, 0.25) is 0 Å². The van der Waals surface area contributed by atoms with Crippen LogP contribution in [0.4, 0.5) is 0 Å². The van der Waals surface area contributed by atoms with Crippen molar-refractivity contribution in [3.63, 3.8) is 0 Å². The van der Waals surface area contributed by atoms with E-state index in [4.69, 9.17) is 0 Å². The molecule has 0 fully saturated rings. The Hall–Kier alpha value is -1.31. The molecule has 0 saturated heterocycles. The Labute approximate surface area is 65.5 Å². The molecule has 0 bridgehead atoms. The fraction of sp³-hybridized carbons (Fsp3) is 0.222. The van der Waals surface area contributed by atoms with Gasteiger partial charge in [-0.05, 0) is 23.6 Å². The summed E-state index contributed by atoms with van der Waals surface area (Å²) in [6.45, 7) is 1.98. The summed E-state index contributed by atoms with van der Waals surface area (Å²) in [5.41, 5.74) is 1.27. The smallest absolute Gasteiger partial charge is 0.0715 e. The normalized spacial score (nSPS) is 9.55. The second-order valence-electron chi connectivity index (χ2n) is 2.34. The zero-order valence-corrected chi connectivity index (χ0v) is 6.33. The molecular weight excluding hydrogens is 140 g/mol. The summed E-state index contributed by atoms with van der Waals surface area (Å²) in [6, 6.07) is 6.79. The molecule has 0 aliphatic carbocycles. The molecule has 58 valence electrons. The van der Waals surface area contributed by atoms with E-state index in [1.807, 2.05) is 13.0 Å². The number of carboxylic acid groups (broad SMARTS) is 1. The predicted molar refractivity (Wildman–Crippen MR) is 40.2 cm³/mol. The molecule has 1 aromatic rings. The predicted octanol–water partition coefficient (Wildman–Crippen LogP) is 0.612. The van der Waals surface area contributed by atoms with E-state index in [9.17, 15) is 9.90 Å². The summed E-state index contributed by atoms with van der Waals surface area (Å²) < 4.78 is 0. The number of carbonyl (C=O) groups is 1. The Balaban J connectivity index is 3.01. The van der Waals surface area contributed by atoms with Crippen LogP contribution < -0.4 is 5.11 Å². The van der Waals surface area contributed by atoms with Gasteiger partial charge in [0.2, 0.25) is 0 Å². The van der Waals surface area contributed by atoms with Gasteiger partial charge in [-0.25, -0.2) is 0 Å². The van der Waals surface area contributed by atoms with Crippen molar-refractivity contribution in [1.82, 2.24) is 0 Å². The summed E-state index contributed by atoms with van der Waals surface area (Å²) >= 11 is 0. The summed E-state index contributed by atoms with van der Waals surface area (Å²) in [5, 5.41) is 10.4. The highest BCUT2D eigenvalue weighted by molar-refractivity contribution is 5.85. The number of carboxylic acids is 1. The number of aryl methyl sites for hydroxylation is 1. The van der Waals surface area contributed by atoms with Gasteiger partial charge < -0.3 is 9.90 Å². The molecule has 1 aromatic carbocycles. The molecule has 0 aliphatic rings. The molecule has 0 N–H and O–H groups in total. The lowest BCUT2D eigenvalue weighted by molar-refractivity contribution is -0.255. The molecule has 2 heteroatoms. The number of hydrogen-bond donors (Lipinski definition) is 0. The highest BCUT2D eigenvalue weighted by Crippen LogP contribution is 2.04. The molecule has 0 radical (unpaired) electrons. The van der Waals surface area contributed by atoms with E-state index in [1.54, 1.807) is 12.1 Å². The van der Waals surface area contributed by atoms with E-state index in [-0.39, 0.29) is 5.56 Å². The average Bonchev–Trinajstić information content (AvgIpc) is 2.05. The van der Waals surface area contributed by atoms with Crippen LogP contribution in [-0.2, 0) is 6.42 Å². The van der Waals surface area contributed by atoms with Gasteiger partial charge >= 0.3 is 0 Å². The van der Waals surface area contributed by atoms with Gasteiger partial charge in [0, 0.05) is 0 Å². The van der Waals surface area contributed by atoms with Gasteiger partial charge in [-0.2, -0.15) is 0 Å². The van der Waals surface area contributed by atoms with E-state index >= 15 is 0 Å². The quantitative estimate of drug-likeness (QED) is 0.618. The Kier molecular flexibility index (Phi) is 2.26. The fourth-order valence-electron chi connectivity index (χ4n) is 0.918. The van der Waals surface area contributed by atoms with E-state index < -0.39 is 5.97 Å². The van der Waals surface area contributed by atoms with Crippen LogP contribution in [-0.4, -0.2) is 5.97 Å². The van der Waals surface area contributed by atoms with Gasteiger partial charge in [0.15, 0.2) is 0 Å². The van der Waals surface area contributed by atoms with Crippen molar-refractivity contribution in [3.8, 4) is 0 Å². The number of rotatable bonds is 2. The van der Waals surface area contributed by atoms with Crippen LogP contribution in [0.1, 0.15) is 22.8 Å². The van der Waals surface area contributed by atoms with Crippen molar-refractivity contribution in [2.24, 2.45) is 0 Å². The maximum atomic E-state index is 10.4. The van der Waals surface area contributed by atoms with Crippen LogP contribution in [0.3, 0.4) is 0 Å². The minimum atomic E-state index is -1.11. The van der Waals surface area contributed by atoms with Crippen molar-refractivity contribution >= 4 is 5.97 Å². The van der Waals surface area contributed by atoms with E-state index in [2.05, 4.69) is 0 Å². The Morgan fingerprint density at radius 2 is 2.27 bits per heavy atom. The van der Waals surface area contributed by atoms with E-state index in [0.717, 1.165) is 12.0 Å². The lowest BCUT2D eigenvalue weighted by Crippen LogP contribution is -2.22. The van der Waals surface area contributed by atoms with Gasteiger partial charge in [0.25, 0.3) is 0 Å². The molecule has 0 spiro atoms. The topological polar surface area (TPSA) is 40.1 Å². The highest BCUT2D eigenvalue weighted by Gasteiger charge is 1.93. The maximum absolute atomic E-state index is 10.4. The molecule has 0 unspecified atom stereocenters. The lowest BCUT2D eigenvalue weighted by Gasteiger charge is -2.02. The minimum absolute atomic E-state index is 0.254. The second-order valence-corrected chi connectivity index (χ2v) is 2.34. The van der Waals surface area contributed by atoms with Crippen LogP contribution >= 0.6 is 0 Å². The van der Waals surface area contributed by atoms with Gasteiger partial charge in [0.1, 0.15) is 0 Å². The molecule has 1 rings (SSSR count). The first-order valence-corrected chi connectivity index (χ1v) is 3.54. The standard InChI is InChI=1S/C9H10O2/c1-2-7-4-3-5-8(6-7)9(10)11/h3-6H,2H2,1H3,(H,10,11)/p-1. The number of hydrogen-bond acceptors (Lipinski definition) is 2. The fourth-order valence-corrected chi connectivity index (χ4v) is 0.918. The Morgan fingerprint density at radius 3 is 2.82 bits per heavy atom. The molecule has 0 heterocycles. The van der Waals surface area contributed by atoms with Crippen LogP contribution in [0.5, 0.6) is 0 Å². The number of aromatic carboxylic acids is 1. The maximum Gasteiger partial charge on any atom is 0.0715 e. The SMILES string of the molecule is CCc1cccc(C(=O)[O-])c1. The van der Waals surface area contributed by atoms with E-state index in [0.29, 0.717) is 0 Å². The average molecular weight is 149 g/mol. The lowest BCUT2D eigenvalue weighted by atomic mass is 10.1. The molecule has 0 saturated carbocycles. The largest absolute Gasteiger partial charge is 0.545 e. The third kappa shape index (κ3) is 1.80. The zero-order valence-electron chi connectivity index (χ0n) is 6.33. The third-order valence-corrected chi connectivity index (χ3v) is 1.57. The molecule has 0 aliphatic heterocycles. The molecular formula is C9H9O2-. The van der Waals surface area contributed by atoms with Crippen LogP contribution in [0, 0.1) is 0 Å². The first-order valence-electron chi connectivity index (χ1n) is 3.54. The van der Waals surface area contributed by atoms with Crippen molar-refractivity contribution in [2.45, 2.75) is 13.3 Å². The zero-order chi connectivity index (χ0) is 8.27. The van der Waals surface area contributed by atoms with E-state index in [1.165, 1.54) is 6.07 Å². The molecule has 11 heavy (non-hydrogen) atoms. The summed E-state index contributed by atoms with van der Waals surface area (Å²) in [4.78, 5) is 10.4. The van der Waals surface area contributed by atoms with Crippen molar-refractivity contribution in [3.05, 3.63) is 35.4 Å². The first kappa shape index (κ1) is 7.79. The summed E-state index contributed by atoms with van der Waals surface area (Å²) in [6.07, 6.45) is 0.848.